The molecule has 0 amide bonds. The lowest BCUT2D eigenvalue weighted by atomic mass is 10.1. The van der Waals surface area contributed by atoms with Crippen LogP contribution in [0.25, 0.3) is 0 Å². The van der Waals surface area contributed by atoms with Crippen molar-refractivity contribution in [1.82, 2.24) is 15.0 Å². The van der Waals surface area contributed by atoms with Crippen molar-refractivity contribution in [1.29, 1.82) is 0 Å². The SMILES string of the molecule is CN(C)c1nc(N)nc(C(N)CCCCN)n1. The van der Waals surface area contributed by atoms with Crippen LogP contribution in [0.1, 0.15) is 31.1 Å². The van der Waals surface area contributed by atoms with Gasteiger partial charge in [0.1, 0.15) is 0 Å². The summed E-state index contributed by atoms with van der Waals surface area (Å²) in [7, 11) is 3.69. The fourth-order valence-electron chi connectivity index (χ4n) is 1.40. The van der Waals surface area contributed by atoms with Crippen LogP contribution in [0, 0.1) is 0 Å². The highest BCUT2D eigenvalue weighted by Crippen LogP contribution is 2.15. The third kappa shape index (κ3) is 4.12. The Morgan fingerprint density at radius 1 is 1.18 bits per heavy atom. The van der Waals surface area contributed by atoms with Crippen molar-refractivity contribution in [3.8, 4) is 0 Å². The Balaban J connectivity index is 2.75. The van der Waals surface area contributed by atoms with Crippen LogP contribution in [-0.4, -0.2) is 35.6 Å². The van der Waals surface area contributed by atoms with Gasteiger partial charge in [-0.1, -0.05) is 6.42 Å². The molecule has 1 aromatic heterocycles. The minimum absolute atomic E-state index is 0.202. The second-order valence-corrected chi connectivity index (χ2v) is 4.14. The zero-order valence-corrected chi connectivity index (χ0v) is 10.4. The minimum atomic E-state index is -0.217. The van der Waals surface area contributed by atoms with Crippen LogP contribution in [0.5, 0.6) is 0 Å². The van der Waals surface area contributed by atoms with Crippen LogP contribution in [0.4, 0.5) is 11.9 Å². The van der Waals surface area contributed by atoms with Crippen molar-refractivity contribution >= 4 is 11.9 Å². The van der Waals surface area contributed by atoms with Gasteiger partial charge in [-0.2, -0.15) is 15.0 Å². The molecule has 1 heterocycles. The van der Waals surface area contributed by atoms with Crippen molar-refractivity contribution in [2.24, 2.45) is 11.5 Å². The van der Waals surface area contributed by atoms with E-state index >= 15 is 0 Å². The molecule has 0 aliphatic carbocycles. The molecule has 1 unspecified atom stereocenters. The molecule has 1 atom stereocenters. The summed E-state index contributed by atoms with van der Waals surface area (Å²) in [6, 6.07) is -0.217. The molecular formula is C10H21N7. The molecule has 96 valence electrons. The molecule has 0 aromatic carbocycles. The van der Waals surface area contributed by atoms with Crippen molar-refractivity contribution in [2.75, 3.05) is 31.3 Å². The maximum atomic E-state index is 6.01. The van der Waals surface area contributed by atoms with Crippen LogP contribution < -0.4 is 22.1 Å². The van der Waals surface area contributed by atoms with Crippen LogP contribution >= 0.6 is 0 Å². The summed E-state index contributed by atoms with van der Waals surface area (Å²) in [5, 5.41) is 0. The molecule has 7 heteroatoms. The second kappa shape index (κ2) is 6.31. The van der Waals surface area contributed by atoms with Gasteiger partial charge < -0.3 is 22.1 Å². The number of unbranched alkanes of at least 4 members (excludes halogenated alkanes) is 1. The number of rotatable bonds is 6. The highest BCUT2D eigenvalue weighted by molar-refractivity contribution is 5.33. The van der Waals surface area contributed by atoms with Crippen molar-refractivity contribution in [3.05, 3.63) is 5.82 Å². The lowest BCUT2D eigenvalue weighted by Gasteiger charge is -2.14. The smallest absolute Gasteiger partial charge is 0.229 e. The Morgan fingerprint density at radius 3 is 2.47 bits per heavy atom. The Labute approximate surface area is 101 Å². The van der Waals surface area contributed by atoms with E-state index in [1.54, 1.807) is 4.90 Å². The predicted molar refractivity (Wildman–Crippen MR) is 68.4 cm³/mol. The second-order valence-electron chi connectivity index (χ2n) is 4.14. The summed E-state index contributed by atoms with van der Waals surface area (Å²) < 4.78 is 0. The zero-order valence-electron chi connectivity index (χ0n) is 10.4. The largest absolute Gasteiger partial charge is 0.368 e. The van der Waals surface area contributed by atoms with Gasteiger partial charge in [-0.25, -0.2) is 0 Å². The Bertz CT molecular complexity index is 353. The fourth-order valence-corrected chi connectivity index (χ4v) is 1.40. The van der Waals surface area contributed by atoms with E-state index in [2.05, 4.69) is 15.0 Å². The molecular weight excluding hydrogens is 218 g/mol. The zero-order chi connectivity index (χ0) is 12.8. The van der Waals surface area contributed by atoms with Gasteiger partial charge in [-0.15, -0.1) is 0 Å². The Hall–Kier alpha value is -1.47. The highest BCUT2D eigenvalue weighted by atomic mass is 15.3. The fraction of sp³-hybridized carbons (Fsp3) is 0.700. The van der Waals surface area contributed by atoms with Gasteiger partial charge in [0.25, 0.3) is 0 Å². The minimum Gasteiger partial charge on any atom is -0.368 e. The summed E-state index contributed by atoms with van der Waals surface area (Å²) in [4.78, 5) is 14.1. The monoisotopic (exact) mass is 239 g/mol. The predicted octanol–water partition coefficient (Wildman–Crippen LogP) is -0.351. The summed E-state index contributed by atoms with van der Waals surface area (Å²) in [6.07, 6.45) is 2.71. The molecule has 0 spiro atoms. The maximum absolute atomic E-state index is 6.01. The number of nitrogens with two attached hydrogens (primary N) is 3. The Kier molecular flexibility index (Phi) is 5.05. The van der Waals surface area contributed by atoms with E-state index < -0.39 is 0 Å². The van der Waals surface area contributed by atoms with Gasteiger partial charge in [0.15, 0.2) is 5.82 Å². The van der Waals surface area contributed by atoms with Crippen molar-refractivity contribution < 1.29 is 0 Å². The van der Waals surface area contributed by atoms with Crippen LogP contribution in [0.2, 0.25) is 0 Å². The van der Waals surface area contributed by atoms with E-state index in [9.17, 15) is 0 Å². The molecule has 0 saturated carbocycles. The quantitative estimate of drug-likeness (QED) is 0.580. The normalized spacial score (nSPS) is 12.5. The lowest BCUT2D eigenvalue weighted by Crippen LogP contribution is -2.20. The molecule has 7 nitrogen and oxygen atoms in total. The molecule has 6 N–H and O–H groups in total. The first-order valence-electron chi connectivity index (χ1n) is 5.69. The third-order valence-corrected chi connectivity index (χ3v) is 2.36. The van der Waals surface area contributed by atoms with Crippen LogP contribution in [-0.2, 0) is 0 Å². The number of anilines is 2. The summed E-state index contributed by atoms with van der Waals surface area (Å²) in [5.41, 5.74) is 17.1. The average molecular weight is 239 g/mol. The Morgan fingerprint density at radius 2 is 1.88 bits per heavy atom. The number of hydrogen-bond acceptors (Lipinski definition) is 7. The first-order chi connectivity index (χ1) is 8.04. The standard InChI is InChI=1S/C10H21N7/c1-17(2)10-15-8(14-9(13)16-10)7(12)5-3-4-6-11/h7H,3-6,11-12H2,1-2H3,(H2,13,14,15,16). The van der Waals surface area contributed by atoms with Gasteiger partial charge in [0.2, 0.25) is 11.9 Å². The van der Waals surface area contributed by atoms with Gasteiger partial charge in [0.05, 0.1) is 6.04 Å². The molecule has 0 fully saturated rings. The number of nitrogen functional groups attached to an aromatic ring is 1. The number of hydrogen-bond donors (Lipinski definition) is 3. The number of nitrogens with zero attached hydrogens (tertiary/aromatic N) is 4. The summed E-state index contributed by atoms with van der Waals surface area (Å²) in [5.74, 6) is 1.27. The molecule has 0 saturated heterocycles. The third-order valence-electron chi connectivity index (χ3n) is 2.36. The summed E-state index contributed by atoms with van der Waals surface area (Å²) in [6.45, 7) is 0.676. The molecule has 1 rings (SSSR count). The van der Waals surface area contributed by atoms with Crippen LogP contribution in [0.15, 0.2) is 0 Å². The lowest BCUT2D eigenvalue weighted by molar-refractivity contribution is 0.564. The van der Waals surface area contributed by atoms with Gasteiger partial charge >= 0.3 is 0 Å². The van der Waals surface area contributed by atoms with Gasteiger partial charge in [-0.05, 0) is 19.4 Å². The molecule has 17 heavy (non-hydrogen) atoms. The van der Waals surface area contributed by atoms with E-state index in [-0.39, 0.29) is 12.0 Å². The van der Waals surface area contributed by atoms with E-state index in [0.29, 0.717) is 18.3 Å². The highest BCUT2D eigenvalue weighted by Gasteiger charge is 2.12. The topological polar surface area (TPSA) is 120 Å². The van der Waals surface area contributed by atoms with E-state index in [4.69, 9.17) is 17.2 Å². The molecule has 1 aromatic rings. The van der Waals surface area contributed by atoms with E-state index in [1.165, 1.54) is 0 Å². The van der Waals surface area contributed by atoms with Crippen molar-refractivity contribution in [2.45, 2.75) is 25.3 Å². The summed E-state index contributed by atoms with van der Waals surface area (Å²) >= 11 is 0. The maximum Gasteiger partial charge on any atom is 0.229 e. The molecule has 0 aliphatic heterocycles. The van der Waals surface area contributed by atoms with E-state index in [0.717, 1.165) is 19.3 Å². The van der Waals surface area contributed by atoms with Gasteiger partial charge in [-0.3, -0.25) is 0 Å². The molecule has 0 radical (unpaired) electrons. The first kappa shape index (κ1) is 13.6. The first-order valence-corrected chi connectivity index (χ1v) is 5.69. The van der Waals surface area contributed by atoms with Crippen LogP contribution in [0.3, 0.4) is 0 Å². The molecule has 0 bridgehead atoms. The molecule has 0 aliphatic rings. The number of aromatic nitrogens is 3. The van der Waals surface area contributed by atoms with Gasteiger partial charge in [0, 0.05) is 14.1 Å². The average Bonchev–Trinajstić information content (AvgIpc) is 2.28. The van der Waals surface area contributed by atoms with Crippen molar-refractivity contribution in [3.63, 3.8) is 0 Å². The van der Waals surface area contributed by atoms with E-state index in [1.807, 2.05) is 14.1 Å².